The van der Waals surface area contributed by atoms with E-state index in [0.29, 0.717) is 11.4 Å². The molecule has 5 aromatic rings. The van der Waals surface area contributed by atoms with Crippen molar-refractivity contribution in [1.82, 2.24) is 14.5 Å². The van der Waals surface area contributed by atoms with Crippen molar-refractivity contribution in [2.45, 2.75) is 13.5 Å². The van der Waals surface area contributed by atoms with Gasteiger partial charge in [0.15, 0.2) is 0 Å². The standard InChI is InChI=1S/C23H18N4OS/c1-2-27-19-11-4-3-7-16(19)13-20(27)23-26-18(14-29-23)22(28)25-17-10-5-8-15-9-6-12-24-21(15)17/h3-14H,2H2,1H3,(H,25,28). The van der Waals surface area contributed by atoms with Gasteiger partial charge in [0.25, 0.3) is 5.91 Å². The molecular weight excluding hydrogens is 380 g/mol. The zero-order valence-corrected chi connectivity index (χ0v) is 16.6. The minimum Gasteiger partial charge on any atom is -0.339 e. The van der Waals surface area contributed by atoms with Crippen LogP contribution in [0.25, 0.3) is 32.5 Å². The maximum Gasteiger partial charge on any atom is 0.275 e. The molecule has 142 valence electrons. The summed E-state index contributed by atoms with van der Waals surface area (Å²) in [6.07, 6.45) is 1.72. The molecule has 0 saturated carbocycles. The Morgan fingerprint density at radius 2 is 1.90 bits per heavy atom. The third-order valence-corrected chi connectivity index (χ3v) is 5.83. The second-order valence-electron chi connectivity index (χ2n) is 6.71. The molecular formula is C23H18N4OS. The van der Waals surface area contributed by atoms with Crippen molar-refractivity contribution in [2.75, 3.05) is 5.32 Å². The van der Waals surface area contributed by atoms with Gasteiger partial charge in [-0.1, -0.05) is 36.4 Å². The van der Waals surface area contributed by atoms with Gasteiger partial charge in [-0.05, 0) is 31.2 Å². The Balaban J connectivity index is 1.48. The molecule has 0 radical (unpaired) electrons. The summed E-state index contributed by atoms with van der Waals surface area (Å²) < 4.78 is 2.23. The van der Waals surface area contributed by atoms with E-state index < -0.39 is 0 Å². The zero-order valence-electron chi connectivity index (χ0n) is 15.8. The van der Waals surface area contributed by atoms with Crippen molar-refractivity contribution >= 4 is 44.7 Å². The first-order valence-electron chi connectivity index (χ1n) is 9.44. The fourth-order valence-electron chi connectivity index (χ4n) is 3.62. The van der Waals surface area contributed by atoms with Crippen LogP contribution >= 0.6 is 11.3 Å². The first-order valence-corrected chi connectivity index (χ1v) is 10.3. The van der Waals surface area contributed by atoms with Crippen LogP contribution in [0.3, 0.4) is 0 Å². The molecule has 3 heterocycles. The average molecular weight is 398 g/mol. The molecule has 0 atom stereocenters. The molecule has 5 rings (SSSR count). The van der Waals surface area contributed by atoms with Gasteiger partial charge in [-0.15, -0.1) is 11.3 Å². The summed E-state index contributed by atoms with van der Waals surface area (Å²) in [4.78, 5) is 21.8. The lowest BCUT2D eigenvalue weighted by molar-refractivity contribution is 0.102. The highest BCUT2D eigenvalue weighted by atomic mass is 32.1. The summed E-state index contributed by atoms with van der Waals surface area (Å²) in [5.41, 5.74) is 4.07. The molecule has 0 fully saturated rings. The Bertz CT molecular complexity index is 1350. The lowest BCUT2D eigenvalue weighted by Gasteiger charge is -2.07. The Hall–Kier alpha value is -3.51. The van der Waals surface area contributed by atoms with Crippen LogP contribution in [0.2, 0.25) is 0 Å². The van der Waals surface area contributed by atoms with E-state index in [1.54, 1.807) is 11.6 Å². The molecule has 0 unspecified atom stereocenters. The van der Waals surface area contributed by atoms with Crippen LogP contribution in [0, 0.1) is 0 Å². The Morgan fingerprint density at radius 1 is 1.07 bits per heavy atom. The molecule has 0 spiro atoms. The first-order chi connectivity index (χ1) is 14.2. The average Bonchev–Trinajstić information content (AvgIpc) is 3.38. The number of anilines is 1. The molecule has 6 heteroatoms. The third-order valence-electron chi connectivity index (χ3n) is 4.96. The number of carbonyl (C=O) groups is 1. The predicted molar refractivity (Wildman–Crippen MR) is 118 cm³/mol. The van der Waals surface area contributed by atoms with E-state index in [2.05, 4.69) is 45.0 Å². The van der Waals surface area contributed by atoms with Crippen molar-refractivity contribution in [3.05, 3.63) is 77.9 Å². The van der Waals surface area contributed by atoms with Gasteiger partial charge in [0.2, 0.25) is 0 Å². The number of pyridine rings is 1. The van der Waals surface area contributed by atoms with Gasteiger partial charge in [-0.3, -0.25) is 9.78 Å². The minimum absolute atomic E-state index is 0.232. The number of rotatable bonds is 4. The van der Waals surface area contributed by atoms with Gasteiger partial charge in [0, 0.05) is 34.4 Å². The lowest BCUT2D eigenvalue weighted by atomic mass is 10.2. The predicted octanol–water partition coefficient (Wildman–Crippen LogP) is 5.59. The van der Waals surface area contributed by atoms with Crippen molar-refractivity contribution in [2.24, 2.45) is 0 Å². The van der Waals surface area contributed by atoms with E-state index in [1.165, 1.54) is 22.2 Å². The number of benzene rings is 2. The van der Waals surface area contributed by atoms with Gasteiger partial charge in [0.1, 0.15) is 10.7 Å². The SMILES string of the molecule is CCn1c(-c2nc(C(=O)Nc3cccc4cccnc34)cs2)cc2ccccc21. The van der Waals surface area contributed by atoms with Crippen LogP contribution in [0.5, 0.6) is 0 Å². The van der Waals surface area contributed by atoms with Crippen LogP contribution in [-0.4, -0.2) is 20.4 Å². The Kier molecular flexibility index (Phi) is 4.33. The molecule has 1 N–H and O–H groups in total. The summed E-state index contributed by atoms with van der Waals surface area (Å²) in [6.45, 7) is 2.95. The first kappa shape index (κ1) is 17.6. The van der Waals surface area contributed by atoms with Crippen LogP contribution in [-0.2, 0) is 6.54 Å². The molecule has 2 aromatic carbocycles. The molecule has 3 aromatic heterocycles. The van der Waals surface area contributed by atoms with Crippen molar-refractivity contribution in [1.29, 1.82) is 0 Å². The second-order valence-corrected chi connectivity index (χ2v) is 7.56. The lowest BCUT2D eigenvalue weighted by Crippen LogP contribution is -2.12. The number of para-hydroxylation sites is 2. The van der Waals surface area contributed by atoms with Crippen LogP contribution < -0.4 is 5.32 Å². The van der Waals surface area contributed by atoms with E-state index in [4.69, 9.17) is 0 Å². The number of aromatic nitrogens is 3. The number of hydrogen-bond acceptors (Lipinski definition) is 4. The number of aryl methyl sites for hydroxylation is 1. The monoisotopic (exact) mass is 398 g/mol. The zero-order chi connectivity index (χ0) is 19.8. The number of nitrogens with zero attached hydrogens (tertiary/aromatic N) is 3. The maximum atomic E-state index is 12.8. The van der Waals surface area contributed by atoms with Gasteiger partial charge >= 0.3 is 0 Å². The van der Waals surface area contributed by atoms with E-state index in [1.807, 2.05) is 42.5 Å². The maximum absolute atomic E-state index is 12.8. The topological polar surface area (TPSA) is 59.8 Å². The number of fused-ring (bicyclic) bond motifs is 2. The highest BCUT2D eigenvalue weighted by Crippen LogP contribution is 2.31. The highest BCUT2D eigenvalue weighted by Gasteiger charge is 2.17. The van der Waals surface area contributed by atoms with Crippen LogP contribution in [0.4, 0.5) is 5.69 Å². The van der Waals surface area contributed by atoms with Gasteiger partial charge < -0.3 is 9.88 Å². The molecule has 0 aliphatic carbocycles. The number of nitrogens with one attached hydrogen (secondary N) is 1. The second kappa shape index (κ2) is 7.14. The van der Waals surface area contributed by atoms with E-state index >= 15 is 0 Å². The third kappa shape index (κ3) is 3.07. The fourth-order valence-corrected chi connectivity index (χ4v) is 4.44. The quantitative estimate of drug-likeness (QED) is 0.430. The van der Waals surface area contributed by atoms with E-state index in [9.17, 15) is 4.79 Å². The van der Waals surface area contributed by atoms with Gasteiger partial charge in [-0.25, -0.2) is 4.98 Å². The van der Waals surface area contributed by atoms with Gasteiger partial charge in [-0.2, -0.15) is 0 Å². The van der Waals surface area contributed by atoms with Crippen LogP contribution in [0.1, 0.15) is 17.4 Å². The molecule has 1 amide bonds. The van der Waals surface area contributed by atoms with Crippen molar-refractivity contribution in [3.63, 3.8) is 0 Å². The Morgan fingerprint density at radius 3 is 2.79 bits per heavy atom. The molecule has 5 nitrogen and oxygen atoms in total. The van der Waals surface area contributed by atoms with E-state index in [0.717, 1.165) is 28.1 Å². The molecule has 0 bridgehead atoms. The summed E-state index contributed by atoms with van der Waals surface area (Å²) in [6, 6.07) is 20.0. The van der Waals surface area contributed by atoms with Gasteiger partial charge in [0.05, 0.1) is 16.9 Å². The molecule has 0 saturated heterocycles. The van der Waals surface area contributed by atoms with E-state index in [-0.39, 0.29) is 5.91 Å². The minimum atomic E-state index is -0.232. The molecule has 29 heavy (non-hydrogen) atoms. The largest absolute Gasteiger partial charge is 0.339 e. The smallest absolute Gasteiger partial charge is 0.275 e. The Labute approximate surface area is 171 Å². The van der Waals surface area contributed by atoms with Crippen molar-refractivity contribution < 1.29 is 4.79 Å². The normalized spacial score (nSPS) is 11.2. The molecule has 0 aliphatic rings. The van der Waals surface area contributed by atoms with Crippen LogP contribution in [0.15, 0.2) is 72.2 Å². The summed E-state index contributed by atoms with van der Waals surface area (Å²) in [7, 11) is 0. The van der Waals surface area contributed by atoms with Crippen molar-refractivity contribution in [3.8, 4) is 10.7 Å². The summed E-state index contributed by atoms with van der Waals surface area (Å²) >= 11 is 1.48. The number of thiazole rings is 1. The number of carbonyl (C=O) groups excluding carboxylic acids is 1. The molecule has 0 aliphatic heterocycles. The fraction of sp³-hybridized carbons (Fsp3) is 0.0870. The summed E-state index contributed by atoms with van der Waals surface area (Å²) in [5.74, 6) is -0.232. The summed E-state index contributed by atoms with van der Waals surface area (Å²) in [5, 5.41) is 7.76. The number of amides is 1. The number of hydrogen-bond donors (Lipinski definition) is 1. The highest BCUT2D eigenvalue weighted by molar-refractivity contribution is 7.13.